The standard InChI is InChI=1S/C31H42F4N6O3S/c1-36-29(43)30(44)40-14-9-26-24(20-40)28(37-41(26)19-23(42)18-39-10-3-2-4-11-39)21-5-6-25(31(33,34)35)27(17-21)45-16-15-38-12-7-22(32)8-13-38/h5-6,17,22-23,42H,2-4,7-16,18-20H2,1H3,(H,36,43)/t23-/m1/s1. The summed E-state index contributed by atoms with van der Waals surface area (Å²) in [4.78, 5) is 30.7. The predicted octanol–water partition coefficient (Wildman–Crippen LogP) is 3.57. The maximum Gasteiger partial charge on any atom is 0.417 e. The Hall–Kier alpha value is -2.68. The van der Waals surface area contributed by atoms with Crippen LogP contribution in [0.15, 0.2) is 23.1 Å². The number of carbonyl (C=O) groups is 2. The van der Waals surface area contributed by atoms with Crippen LogP contribution in [-0.4, -0.2) is 112 Å². The third kappa shape index (κ3) is 8.38. The molecule has 0 radical (unpaired) electrons. The molecule has 0 unspecified atom stereocenters. The first-order valence-corrected chi connectivity index (χ1v) is 16.7. The SMILES string of the molecule is CNC(=O)C(=O)N1CCc2c(c(-c3ccc(C(F)(F)F)c(SCCN4CCC(F)CC4)c3)nn2C[C@H](O)CN2CCCCC2)C1. The predicted molar refractivity (Wildman–Crippen MR) is 163 cm³/mol. The first-order chi connectivity index (χ1) is 21.5. The lowest BCUT2D eigenvalue weighted by Crippen LogP contribution is -2.44. The smallest absolute Gasteiger partial charge is 0.390 e. The fourth-order valence-corrected chi connectivity index (χ4v) is 7.55. The number of likely N-dealkylation sites (tertiary alicyclic amines) is 2. The number of aliphatic hydroxyl groups excluding tert-OH is 1. The molecule has 2 N–H and O–H groups in total. The second kappa shape index (κ2) is 14.8. The molecular formula is C31H42F4N6O3S. The van der Waals surface area contributed by atoms with E-state index in [2.05, 4.69) is 15.1 Å². The second-order valence-corrected chi connectivity index (χ2v) is 13.2. The number of carbonyl (C=O) groups excluding carboxylic acids is 2. The molecule has 0 aliphatic carbocycles. The number of thioether (sulfide) groups is 1. The third-order valence-electron chi connectivity index (χ3n) is 8.89. The van der Waals surface area contributed by atoms with Gasteiger partial charge in [0.1, 0.15) is 6.17 Å². The quantitative estimate of drug-likeness (QED) is 0.243. The molecular weight excluding hydrogens is 612 g/mol. The summed E-state index contributed by atoms with van der Waals surface area (Å²) in [7, 11) is 1.38. The fourth-order valence-electron chi connectivity index (χ4n) is 6.43. The summed E-state index contributed by atoms with van der Waals surface area (Å²) in [5.41, 5.74) is 1.63. The number of aromatic nitrogens is 2. The maximum absolute atomic E-state index is 14.1. The molecule has 2 amide bonds. The molecule has 3 aliphatic heterocycles. The van der Waals surface area contributed by atoms with Gasteiger partial charge in [-0.1, -0.05) is 12.5 Å². The molecule has 0 saturated carbocycles. The van der Waals surface area contributed by atoms with Crippen LogP contribution >= 0.6 is 11.8 Å². The number of fused-ring (bicyclic) bond motifs is 1. The van der Waals surface area contributed by atoms with Crippen molar-refractivity contribution in [1.29, 1.82) is 0 Å². The summed E-state index contributed by atoms with van der Waals surface area (Å²) in [6, 6.07) is 3.96. The monoisotopic (exact) mass is 654 g/mol. The minimum atomic E-state index is -4.55. The Balaban J connectivity index is 1.43. The van der Waals surface area contributed by atoms with E-state index < -0.39 is 35.8 Å². The minimum Gasteiger partial charge on any atom is -0.390 e. The van der Waals surface area contributed by atoms with E-state index in [0.29, 0.717) is 68.0 Å². The van der Waals surface area contributed by atoms with Crippen molar-refractivity contribution in [3.63, 3.8) is 0 Å². The molecule has 2 aromatic rings. The van der Waals surface area contributed by atoms with Crippen molar-refractivity contribution >= 4 is 23.6 Å². The molecule has 14 heteroatoms. The average Bonchev–Trinajstić information content (AvgIpc) is 3.38. The lowest BCUT2D eigenvalue weighted by Gasteiger charge is -2.29. The van der Waals surface area contributed by atoms with Crippen molar-refractivity contribution in [3.05, 3.63) is 35.0 Å². The number of benzene rings is 1. The molecule has 0 spiro atoms. The van der Waals surface area contributed by atoms with Crippen molar-refractivity contribution in [2.24, 2.45) is 0 Å². The highest BCUT2D eigenvalue weighted by Gasteiger charge is 2.35. The van der Waals surface area contributed by atoms with Crippen LogP contribution in [0.1, 0.15) is 48.9 Å². The summed E-state index contributed by atoms with van der Waals surface area (Å²) in [5, 5.41) is 18.2. The van der Waals surface area contributed by atoms with E-state index in [1.165, 1.54) is 30.5 Å². The van der Waals surface area contributed by atoms with E-state index in [4.69, 9.17) is 5.10 Å². The highest BCUT2D eigenvalue weighted by Crippen LogP contribution is 2.40. The number of rotatable bonds is 9. The van der Waals surface area contributed by atoms with Crippen molar-refractivity contribution < 1.29 is 32.3 Å². The normalized spacial score (nSPS) is 19.4. The zero-order chi connectivity index (χ0) is 32.1. The first-order valence-electron chi connectivity index (χ1n) is 15.7. The number of likely N-dealkylation sites (N-methyl/N-ethyl adjacent to an activating group) is 1. The molecule has 1 atom stereocenters. The molecule has 9 nitrogen and oxygen atoms in total. The van der Waals surface area contributed by atoms with Crippen molar-refractivity contribution in [1.82, 2.24) is 29.8 Å². The van der Waals surface area contributed by atoms with E-state index in [9.17, 15) is 32.3 Å². The zero-order valence-electron chi connectivity index (χ0n) is 25.6. The molecule has 248 valence electrons. The molecule has 5 rings (SSSR count). The Morgan fingerprint density at radius 3 is 2.49 bits per heavy atom. The Morgan fingerprint density at radius 2 is 1.80 bits per heavy atom. The fraction of sp³-hybridized carbons (Fsp3) is 0.645. The van der Waals surface area contributed by atoms with Crippen LogP contribution < -0.4 is 5.32 Å². The summed E-state index contributed by atoms with van der Waals surface area (Å²) in [5.74, 6) is -1.02. The van der Waals surface area contributed by atoms with Crippen LogP contribution in [0.4, 0.5) is 17.6 Å². The number of alkyl halides is 4. The van der Waals surface area contributed by atoms with Gasteiger partial charge < -0.3 is 25.1 Å². The Labute approximate surface area is 265 Å². The minimum absolute atomic E-state index is 0.0721. The van der Waals surface area contributed by atoms with E-state index in [0.717, 1.165) is 49.5 Å². The number of piperidine rings is 2. The summed E-state index contributed by atoms with van der Waals surface area (Å²) in [6.45, 7) is 4.64. The van der Waals surface area contributed by atoms with Gasteiger partial charge in [0.2, 0.25) is 0 Å². The molecule has 45 heavy (non-hydrogen) atoms. The number of hydrogen-bond donors (Lipinski definition) is 2. The summed E-state index contributed by atoms with van der Waals surface area (Å²) >= 11 is 1.11. The van der Waals surface area contributed by atoms with Gasteiger partial charge in [-0.25, -0.2) is 4.39 Å². The molecule has 3 aliphatic rings. The van der Waals surface area contributed by atoms with Crippen molar-refractivity contribution in [2.45, 2.75) is 75.0 Å². The average molecular weight is 655 g/mol. The number of nitrogens with one attached hydrogen (secondary N) is 1. The van der Waals surface area contributed by atoms with E-state index >= 15 is 0 Å². The molecule has 2 fully saturated rings. The van der Waals surface area contributed by atoms with Gasteiger partial charge in [0.25, 0.3) is 0 Å². The lowest BCUT2D eigenvalue weighted by molar-refractivity contribution is -0.146. The van der Waals surface area contributed by atoms with Gasteiger partial charge in [0.05, 0.1) is 30.5 Å². The van der Waals surface area contributed by atoms with Crippen LogP contribution in [0.25, 0.3) is 11.3 Å². The van der Waals surface area contributed by atoms with Gasteiger partial charge in [-0.05, 0) is 50.9 Å². The maximum atomic E-state index is 14.1. The lowest BCUT2D eigenvalue weighted by atomic mass is 9.99. The van der Waals surface area contributed by atoms with E-state index in [1.54, 1.807) is 4.68 Å². The van der Waals surface area contributed by atoms with Gasteiger partial charge in [0.15, 0.2) is 0 Å². The highest BCUT2D eigenvalue weighted by atomic mass is 32.2. The van der Waals surface area contributed by atoms with Gasteiger partial charge in [-0.2, -0.15) is 18.3 Å². The molecule has 0 bridgehead atoms. The number of hydrogen-bond acceptors (Lipinski definition) is 7. The van der Waals surface area contributed by atoms with Gasteiger partial charge in [-0.15, -0.1) is 11.8 Å². The van der Waals surface area contributed by atoms with Crippen molar-refractivity contribution in [2.75, 3.05) is 58.6 Å². The Kier molecular flexibility index (Phi) is 11.1. The number of aliphatic hydroxyl groups is 1. The topological polar surface area (TPSA) is 93.9 Å². The van der Waals surface area contributed by atoms with Crippen LogP contribution in [0.5, 0.6) is 0 Å². The molecule has 4 heterocycles. The zero-order valence-corrected chi connectivity index (χ0v) is 26.4. The van der Waals surface area contributed by atoms with Gasteiger partial charge >= 0.3 is 18.0 Å². The Bertz CT molecular complexity index is 1340. The number of nitrogens with zero attached hydrogens (tertiary/aromatic N) is 5. The molecule has 1 aromatic carbocycles. The Morgan fingerprint density at radius 1 is 1.07 bits per heavy atom. The van der Waals surface area contributed by atoms with E-state index in [-0.39, 0.29) is 24.5 Å². The summed E-state index contributed by atoms with van der Waals surface area (Å²) < 4.78 is 57.5. The number of amides is 2. The number of halogens is 4. The van der Waals surface area contributed by atoms with Crippen molar-refractivity contribution in [3.8, 4) is 11.3 Å². The third-order valence-corrected chi connectivity index (χ3v) is 9.92. The number of β-amino-alcohol motifs (C(OH)–C–C–N with tert-alkyl or cyclic N) is 1. The van der Waals surface area contributed by atoms with Gasteiger partial charge in [-0.3, -0.25) is 14.3 Å². The largest absolute Gasteiger partial charge is 0.417 e. The van der Waals surface area contributed by atoms with Gasteiger partial charge in [0, 0.05) is 73.7 Å². The van der Waals surface area contributed by atoms with Crippen LogP contribution in [0, 0.1) is 0 Å². The molecule has 2 saturated heterocycles. The summed E-state index contributed by atoms with van der Waals surface area (Å²) in [6.07, 6.45) is -1.45. The first kappa shape index (κ1) is 33.7. The van der Waals surface area contributed by atoms with E-state index in [1.807, 2.05) is 0 Å². The molecule has 1 aromatic heterocycles. The van der Waals surface area contributed by atoms with Crippen LogP contribution in [-0.2, 0) is 35.3 Å². The van der Waals surface area contributed by atoms with Crippen LogP contribution in [0.3, 0.4) is 0 Å². The van der Waals surface area contributed by atoms with Crippen LogP contribution in [0.2, 0.25) is 0 Å². The highest BCUT2D eigenvalue weighted by molar-refractivity contribution is 7.99. The second-order valence-electron chi connectivity index (χ2n) is 12.1.